The maximum Gasteiger partial charge on any atom is 0.224 e. The quantitative estimate of drug-likeness (QED) is 0.593. The number of aromatic nitrogens is 2. The number of halogens is 2. The first-order chi connectivity index (χ1) is 13.6. The van der Waals surface area contributed by atoms with Gasteiger partial charge in [0.15, 0.2) is 5.82 Å². The Labute approximate surface area is 177 Å². The molecule has 0 bridgehead atoms. The highest BCUT2D eigenvalue weighted by atomic mass is 79.9. The normalized spacial score (nSPS) is 16.4. The van der Waals surface area contributed by atoms with Crippen molar-refractivity contribution < 1.29 is 4.79 Å². The Balaban J connectivity index is 1.35. The Morgan fingerprint density at radius 2 is 2.04 bits per heavy atom. The molecule has 1 unspecified atom stereocenters. The zero-order chi connectivity index (χ0) is 19.5. The fraction of sp³-hybridized carbons (Fsp3) is 0.238. The first-order valence-corrected chi connectivity index (χ1v) is 10.3. The minimum absolute atomic E-state index is 0.0441. The van der Waals surface area contributed by atoms with Gasteiger partial charge in [0, 0.05) is 34.7 Å². The lowest BCUT2D eigenvalue weighted by Gasteiger charge is -2.16. The fourth-order valence-electron chi connectivity index (χ4n) is 3.43. The molecule has 0 spiro atoms. The third-order valence-corrected chi connectivity index (χ3v) is 5.93. The molecule has 0 saturated carbocycles. The van der Waals surface area contributed by atoms with E-state index in [2.05, 4.69) is 36.3 Å². The van der Waals surface area contributed by atoms with E-state index in [1.165, 1.54) is 0 Å². The fourth-order valence-corrected chi connectivity index (χ4v) is 3.98. The van der Waals surface area contributed by atoms with Gasteiger partial charge >= 0.3 is 0 Å². The molecular weight excluding hydrogens is 440 g/mol. The lowest BCUT2D eigenvalue weighted by atomic mass is 10.1. The van der Waals surface area contributed by atoms with Crippen LogP contribution in [0.2, 0.25) is 5.02 Å². The molecule has 2 aromatic carbocycles. The van der Waals surface area contributed by atoms with Crippen molar-refractivity contribution in [3.05, 3.63) is 69.7 Å². The highest BCUT2D eigenvalue weighted by Crippen LogP contribution is 2.25. The van der Waals surface area contributed by atoms with Gasteiger partial charge in [-0.25, -0.2) is 0 Å². The largest absolute Gasteiger partial charge is 0.353 e. The van der Waals surface area contributed by atoms with Gasteiger partial charge in [-0.3, -0.25) is 9.89 Å². The van der Waals surface area contributed by atoms with Crippen LogP contribution in [0, 0.1) is 0 Å². The molecule has 5 nitrogen and oxygen atoms in total. The first kappa shape index (κ1) is 19.0. The molecule has 1 fully saturated rings. The van der Waals surface area contributed by atoms with E-state index in [-0.39, 0.29) is 11.9 Å². The number of aromatic amines is 1. The molecule has 2 heterocycles. The van der Waals surface area contributed by atoms with Crippen molar-refractivity contribution in [1.82, 2.24) is 15.5 Å². The van der Waals surface area contributed by atoms with Gasteiger partial charge in [-0.05, 0) is 35.7 Å². The second-order valence-corrected chi connectivity index (χ2v) is 8.20. The van der Waals surface area contributed by atoms with Crippen LogP contribution in [-0.2, 0) is 11.2 Å². The maximum absolute atomic E-state index is 12.4. The molecule has 1 aromatic heterocycles. The maximum atomic E-state index is 12.4. The Morgan fingerprint density at radius 3 is 2.82 bits per heavy atom. The second-order valence-electron chi connectivity index (χ2n) is 6.91. The van der Waals surface area contributed by atoms with Crippen LogP contribution in [0.3, 0.4) is 0 Å². The molecule has 1 atom stereocenters. The molecule has 0 aliphatic carbocycles. The number of carbonyl (C=O) groups excluding carboxylic acids is 1. The molecule has 28 heavy (non-hydrogen) atoms. The van der Waals surface area contributed by atoms with E-state index in [0.29, 0.717) is 11.4 Å². The predicted molar refractivity (Wildman–Crippen MR) is 116 cm³/mol. The number of nitrogens with one attached hydrogen (secondary N) is 2. The van der Waals surface area contributed by atoms with Crippen molar-refractivity contribution in [1.29, 1.82) is 0 Å². The van der Waals surface area contributed by atoms with Gasteiger partial charge in [0.2, 0.25) is 5.91 Å². The number of nitrogens with zero attached hydrogens (tertiary/aromatic N) is 2. The number of anilines is 1. The summed E-state index contributed by atoms with van der Waals surface area (Å²) in [6.45, 7) is 1.62. The molecule has 4 rings (SSSR count). The smallest absolute Gasteiger partial charge is 0.224 e. The van der Waals surface area contributed by atoms with Gasteiger partial charge in [0.1, 0.15) is 0 Å². The summed E-state index contributed by atoms with van der Waals surface area (Å²) in [7, 11) is 0. The summed E-state index contributed by atoms with van der Waals surface area (Å²) in [5, 5.41) is 11.4. The number of H-pyrrole nitrogens is 1. The Morgan fingerprint density at radius 1 is 1.25 bits per heavy atom. The molecule has 3 aromatic rings. The number of hydrogen-bond acceptors (Lipinski definition) is 3. The lowest BCUT2D eigenvalue weighted by molar-refractivity contribution is -0.121. The molecule has 1 saturated heterocycles. The Hall–Kier alpha value is -2.31. The SMILES string of the molecule is O=C(Cc1ccccc1Br)NC1CCN(c2cc(-c3ccc(Cl)cc3)[nH]n2)C1. The summed E-state index contributed by atoms with van der Waals surface area (Å²) in [4.78, 5) is 14.6. The number of carbonyl (C=O) groups is 1. The van der Waals surface area contributed by atoms with Gasteiger partial charge in [-0.1, -0.05) is 57.9 Å². The highest BCUT2D eigenvalue weighted by molar-refractivity contribution is 9.10. The zero-order valence-electron chi connectivity index (χ0n) is 15.2. The minimum Gasteiger partial charge on any atom is -0.353 e. The van der Waals surface area contributed by atoms with Crippen LogP contribution in [0.15, 0.2) is 59.1 Å². The zero-order valence-corrected chi connectivity index (χ0v) is 17.5. The summed E-state index contributed by atoms with van der Waals surface area (Å²) >= 11 is 9.45. The molecular formula is C21H20BrClN4O. The first-order valence-electron chi connectivity index (χ1n) is 9.17. The number of amides is 1. The average Bonchev–Trinajstić information content (AvgIpc) is 3.34. The molecule has 0 radical (unpaired) electrons. The molecule has 7 heteroatoms. The Bertz CT molecular complexity index is 973. The number of rotatable bonds is 5. The van der Waals surface area contributed by atoms with Crippen LogP contribution >= 0.6 is 27.5 Å². The summed E-state index contributed by atoms with van der Waals surface area (Å²) < 4.78 is 0.962. The summed E-state index contributed by atoms with van der Waals surface area (Å²) in [5.74, 6) is 0.940. The van der Waals surface area contributed by atoms with Crippen molar-refractivity contribution >= 4 is 39.3 Å². The van der Waals surface area contributed by atoms with Crippen molar-refractivity contribution in [3.63, 3.8) is 0 Å². The molecule has 1 aliphatic rings. The van der Waals surface area contributed by atoms with E-state index in [1.807, 2.05) is 54.6 Å². The highest BCUT2D eigenvalue weighted by Gasteiger charge is 2.25. The number of benzene rings is 2. The molecule has 1 aliphatic heterocycles. The van der Waals surface area contributed by atoms with E-state index in [1.54, 1.807) is 0 Å². The Kier molecular flexibility index (Phi) is 5.69. The molecule has 144 valence electrons. The minimum atomic E-state index is 0.0441. The van der Waals surface area contributed by atoms with Gasteiger partial charge in [0.25, 0.3) is 0 Å². The van der Waals surface area contributed by atoms with Gasteiger partial charge in [-0.15, -0.1) is 0 Å². The van der Waals surface area contributed by atoms with Crippen molar-refractivity contribution in [2.75, 3.05) is 18.0 Å². The van der Waals surface area contributed by atoms with Crippen LogP contribution in [0.1, 0.15) is 12.0 Å². The average molecular weight is 460 g/mol. The van der Waals surface area contributed by atoms with Crippen LogP contribution in [0.4, 0.5) is 5.82 Å². The topological polar surface area (TPSA) is 61.0 Å². The van der Waals surface area contributed by atoms with E-state index in [4.69, 9.17) is 11.6 Å². The molecule has 2 N–H and O–H groups in total. The summed E-state index contributed by atoms with van der Waals surface area (Å²) in [6, 6.07) is 17.6. The third kappa shape index (κ3) is 4.39. The monoisotopic (exact) mass is 458 g/mol. The van der Waals surface area contributed by atoms with Crippen LogP contribution < -0.4 is 10.2 Å². The third-order valence-electron chi connectivity index (χ3n) is 4.91. The lowest BCUT2D eigenvalue weighted by Crippen LogP contribution is -2.38. The van der Waals surface area contributed by atoms with Crippen molar-refractivity contribution in [3.8, 4) is 11.3 Å². The van der Waals surface area contributed by atoms with Gasteiger partial charge < -0.3 is 10.2 Å². The van der Waals surface area contributed by atoms with Gasteiger partial charge in [-0.2, -0.15) is 5.10 Å². The van der Waals surface area contributed by atoms with E-state index < -0.39 is 0 Å². The van der Waals surface area contributed by atoms with Crippen molar-refractivity contribution in [2.24, 2.45) is 0 Å². The van der Waals surface area contributed by atoms with E-state index in [0.717, 1.165) is 46.6 Å². The second kappa shape index (κ2) is 8.37. The van der Waals surface area contributed by atoms with Gasteiger partial charge in [0.05, 0.1) is 12.1 Å². The van der Waals surface area contributed by atoms with Crippen LogP contribution in [-0.4, -0.2) is 35.2 Å². The van der Waals surface area contributed by atoms with E-state index in [9.17, 15) is 4.79 Å². The van der Waals surface area contributed by atoms with Crippen molar-refractivity contribution in [2.45, 2.75) is 18.9 Å². The van der Waals surface area contributed by atoms with Crippen LogP contribution in [0.5, 0.6) is 0 Å². The van der Waals surface area contributed by atoms with E-state index >= 15 is 0 Å². The number of hydrogen-bond donors (Lipinski definition) is 2. The standard InChI is InChI=1S/C21H20BrClN4O/c22-18-4-2-1-3-15(18)11-21(28)24-17-9-10-27(13-17)20-12-19(25-26-20)14-5-7-16(23)8-6-14/h1-8,12,17H,9-11,13H2,(H,24,28)(H,25,26). The summed E-state index contributed by atoms with van der Waals surface area (Å²) in [5.41, 5.74) is 2.99. The van der Waals surface area contributed by atoms with Crippen LogP contribution in [0.25, 0.3) is 11.3 Å². The summed E-state index contributed by atoms with van der Waals surface area (Å²) in [6.07, 6.45) is 1.28. The molecule has 1 amide bonds. The predicted octanol–water partition coefficient (Wildman–Crippen LogP) is 4.43.